The summed E-state index contributed by atoms with van der Waals surface area (Å²) in [5, 5.41) is 3.81. The molecule has 0 atom stereocenters. The molecule has 0 saturated carbocycles. The van der Waals surface area contributed by atoms with E-state index in [-0.39, 0.29) is 0 Å². The van der Waals surface area contributed by atoms with E-state index in [2.05, 4.69) is 42.3 Å². The van der Waals surface area contributed by atoms with Crippen molar-refractivity contribution in [2.75, 3.05) is 5.32 Å². The van der Waals surface area contributed by atoms with E-state index in [1.54, 1.807) is 6.20 Å². The Morgan fingerprint density at radius 3 is 2.76 bits per heavy atom. The second kappa shape index (κ2) is 5.19. The number of hydrogen-bond donors (Lipinski definition) is 1. The lowest BCUT2D eigenvalue weighted by Gasteiger charge is -2.10. The molecule has 2 rings (SSSR count). The molecular weight excluding hydrogens is 232 g/mol. The lowest BCUT2D eigenvalue weighted by molar-refractivity contribution is 1.10. The van der Waals surface area contributed by atoms with Crippen molar-refractivity contribution in [2.45, 2.75) is 20.4 Å². The van der Waals surface area contributed by atoms with E-state index in [1.165, 1.54) is 16.7 Å². The highest BCUT2D eigenvalue weighted by Gasteiger charge is 2.01. The van der Waals surface area contributed by atoms with Crippen molar-refractivity contribution < 1.29 is 0 Å². The van der Waals surface area contributed by atoms with Crippen molar-refractivity contribution in [1.82, 2.24) is 4.98 Å². The third-order valence-corrected chi connectivity index (χ3v) is 3.03. The van der Waals surface area contributed by atoms with Gasteiger partial charge in [0.25, 0.3) is 0 Å². The van der Waals surface area contributed by atoms with Crippen LogP contribution in [0.4, 0.5) is 5.69 Å². The third-order valence-electron chi connectivity index (χ3n) is 2.73. The van der Waals surface area contributed by atoms with Gasteiger partial charge < -0.3 is 5.32 Å². The first-order valence-corrected chi connectivity index (χ1v) is 5.95. The first-order valence-electron chi connectivity index (χ1n) is 5.57. The fraction of sp³-hybridized carbons (Fsp3) is 0.214. The Kier molecular flexibility index (Phi) is 3.64. The van der Waals surface area contributed by atoms with E-state index in [1.807, 2.05) is 12.1 Å². The van der Waals surface area contributed by atoms with Crippen molar-refractivity contribution in [2.24, 2.45) is 0 Å². The second-order valence-electron chi connectivity index (χ2n) is 4.13. The number of nitrogens with one attached hydrogen (secondary N) is 1. The minimum atomic E-state index is 0.511. The van der Waals surface area contributed by atoms with Crippen molar-refractivity contribution in [3.8, 4) is 0 Å². The molecule has 0 aliphatic rings. The molecule has 0 spiro atoms. The van der Waals surface area contributed by atoms with E-state index in [0.717, 1.165) is 12.2 Å². The lowest BCUT2D eigenvalue weighted by Crippen LogP contribution is -2.02. The van der Waals surface area contributed by atoms with Gasteiger partial charge >= 0.3 is 0 Å². The molecule has 17 heavy (non-hydrogen) atoms. The molecule has 2 nitrogen and oxygen atoms in total. The average Bonchev–Trinajstić information content (AvgIpc) is 2.30. The molecule has 1 aromatic heterocycles. The zero-order valence-corrected chi connectivity index (χ0v) is 10.8. The van der Waals surface area contributed by atoms with E-state index in [0.29, 0.717) is 5.15 Å². The second-order valence-corrected chi connectivity index (χ2v) is 4.48. The Hall–Kier alpha value is -1.54. The summed E-state index contributed by atoms with van der Waals surface area (Å²) < 4.78 is 0. The van der Waals surface area contributed by atoms with Crippen molar-refractivity contribution in [3.05, 3.63) is 58.4 Å². The van der Waals surface area contributed by atoms with Gasteiger partial charge in [0.2, 0.25) is 0 Å². The summed E-state index contributed by atoms with van der Waals surface area (Å²) in [4.78, 5) is 4.03. The molecule has 1 aromatic carbocycles. The topological polar surface area (TPSA) is 24.9 Å². The predicted molar refractivity (Wildman–Crippen MR) is 72.5 cm³/mol. The minimum Gasteiger partial charge on any atom is -0.378 e. The Morgan fingerprint density at radius 1 is 1.24 bits per heavy atom. The normalized spacial score (nSPS) is 10.3. The number of pyridine rings is 1. The van der Waals surface area contributed by atoms with Crippen LogP contribution in [0, 0.1) is 13.8 Å². The molecule has 0 aliphatic heterocycles. The fourth-order valence-electron chi connectivity index (χ4n) is 1.75. The summed E-state index contributed by atoms with van der Waals surface area (Å²) in [5.41, 5.74) is 4.72. The van der Waals surface area contributed by atoms with Gasteiger partial charge in [-0.25, -0.2) is 4.98 Å². The first-order chi connectivity index (χ1) is 8.16. The molecule has 0 fully saturated rings. The Morgan fingerprint density at radius 2 is 2.06 bits per heavy atom. The first kappa shape index (κ1) is 11.9. The van der Waals surface area contributed by atoms with Gasteiger partial charge in [0, 0.05) is 12.7 Å². The molecule has 0 bridgehead atoms. The SMILES string of the molecule is Cc1ccc(CNc2cccnc2Cl)c(C)c1. The van der Waals surface area contributed by atoms with Crippen LogP contribution in [0.5, 0.6) is 0 Å². The van der Waals surface area contributed by atoms with Crippen LogP contribution in [-0.4, -0.2) is 4.98 Å². The number of aromatic nitrogens is 1. The maximum absolute atomic E-state index is 5.98. The van der Waals surface area contributed by atoms with Crippen LogP contribution in [-0.2, 0) is 6.54 Å². The number of nitrogens with zero attached hydrogens (tertiary/aromatic N) is 1. The maximum atomic E-state index is 5.98. The molecule has 0 radical (unpaired) electrons. The number of hydrogen-bond acceptors (Lipinski definition) is 2. The lowest BCUT2D eigenvalue weighted by atomic mass is 10.1. The van der Waals surface area contributed by atoms with Crippen molar-refractivity contribution in [3.63, 3.8) is 0 Å². The number of aryl methyl sites for hydroxylation is 2. The summed E-state index contributed by atoms with van der Waals surface area (Å²) in [7, 11) is 0. The largest absolute Gasteiger partial charge is 0.378 e. The Bertz CT molecular complexity index is 523. The van der Waals surface area contributed by atoms with Gasteiger partial charge in [-0.2, -0.15) is 0 Å². The zero-order valence-electron chi connectivity index (χ0n) is 10.00. The molecule has 0 aliphatic carbocycles. The van der Waals surface area contributed by atoms with E-state index < -0.39 is 0 Å². The molecule has 88 valence electrons. The summed E-state index contributed by atoms with van der Waals surface area (Å²) in [6.45, 7) is 4.98. The van der Waals surface area contributed by atoms with Crippen molar-refractivity contribution >= 4 is 17.3 Å². The third kappa shape index (κ3) is 2.98. The van der Waals surface area contributed by atoms with Crippen LogP contribution in [0.1, 0.15) is 16.7 Å². The maximum Gasteiger partial charge on any atom is 0.152 e. The zero-order chi connectivity index (χ0) is 12.3. The van der Waals surface area contributed by atoms with Crippen LogP contribution in [0.15, 0.2) is 36.5 Å². The summed E-state index contributed by atoms with van der Waals surface area (Å²) in [6, 6.07) is 10.2. The highest BCUT2D eigenvalue weighted by Crippen LogP contribution is 2.19. The number of rotatable bonds is 3. The number of benzene rings is 1. The molecule has 1 heterocycles. The molecule has 0 saturated heterocycles. The van der Waals surface area contributed by atoms with E-state index in [9.17, 15) is 0 Å². The molecule has 0 unspecified atom stereocenters. The van der Waals surface area contributed by atoms with Crippen LogP contribution in [0.25, 0.3) is 0 Å². The van der Waals surface area contributed by atoms with Gasteiger partial charge in [-0.1, -0.05) is 35.4 Å². The number of halogens is 1. The van der Waals surface area contributed by atoms with Crippen molar-refractivity contribution in [1.29, 1.82) is 0 Å². The van der Waals surface area contributed by atoms with E-state index in [4.69, 9.17) is 11.6 Å². The molecule has 3 heteroatoms. The molecular formula is C14H15ClN2. The average molecular weight is 247 g/mol. The minimum absolute atomic E-state index is 0.511. The van der Waals surface area contributed by atoms with Gasteiger partial charge in [-0.15, -0.1) is 0 Å². The molecule has 2 aromatic rings. The number of anilines is 1. The highest BCUT2D eigenvalue weighted by molar-refractivity contribution is 6.31. The van der Waals surface area contributed by atoms with Crippen LogP contribution >= 0.6 is 11.6 Å². The van der Waals surface area contributed by atoms with Gasteiger partial charge in [0.05, 0.1) is 5.69 Å². The molecule has 0 amide bonds. The van der Waals surface area contributed by atoms with Crippen LogP contribution < -0.4 is 5.32 Å². The monoisotopic (exact) mass is 246 g/mol. The van der Waals surface area contributed by atoms with Crippen LogP contribution in [0.2, 0.25) is 5.15 Å². The highest BCUT2D eigenvalue weighted by atomic mass is 35.5. The smallest absolute Gasteiger partial charge is 0.152 e. The summed E-state index contributed by atoms with van der Waals surface area (Å²) >= 11 is 5.98. The molecule has 1 N–H and O–H groups in total. The predicted octanol–water partition coefficient (Wildman–Crippen LogP) is 3.96. The quantitative estimate of drug-likeness (QED) is 0.829. The fourth-order valence-corrected chi connectivity index (χ4v) is 1.94. The standard InChI is InChI=1S/C14H15ClN2/c1-10-5-6-12(11(2)8-10)9-17-13-4-3-7-16-14(13)15/h3-8,17H,9H2,1-2H3. The van der Waals surface area contributed by atoms with Crippen LogP contribution in [0.3, 0.4) is 0 Å². The van der Waals surface area contributed by atoms with Gasteiger partial charge in [-0.3, -0.25) is 0 Å². The summed E-state index contributed by atoms with van der Waals surface area (Å²) in [5.74, 6) is 0. The van der Waals surface area contributed by atoms with Gasteiger partial charge in [-0.05, 0) is 37.1 Å². The van der Waals surface area contributed by atoms with Gasteiger partial charge in [0.1, 0.15) is 0 Å². The summed E-state index contributed by atoms with van der Waals surface area (Å²) in [6.07, 6.45) is 1.69. The Labute approximate surface area is 107 Å². The van der Waals surface area contributed by atoms with E-state index >= 15 is 0 Å². The van der Waals surface area contributed by atoms with Gasteiger partial charge in [0.15, 0.2) is 5.15 Å². The Balaban J connectivity index is 2.10.